The van der Waals surface area contributed by atoms with Crippen molar-refractivity contribution < 1.29 is 9.53 Å². The average molecular weight is 463 g/mol. The van der Waals surface area contributed by atoms with Crippen LogP contribution >= 0.6 is 39.5 Å². The van der Waals surface area contributed by atoms with Gasteiger partial charge >= 0.3 is 0 Å². The number of hydrogen-bond acceptors (Lipinski definition) is 5. The third-order valence-corrected chi connectivity index (χ3v) is 5.63. The van der Waals surface area contributed by atoms with Gasteiger partial charge in [-0.05, 0) is 42.0 Å². The summed E-state index contributed by atoms with van der Waals surface area (Å²) in [5.41, 5.74) is 1.17. The highest BCUT2D eigenvalue weighted by molar-refractivity contribution is 9.10. The van der Waals surface area contributed by atoms with Gasteiger partial charge < -0.3 is 10.1 Å². The van der Waals surface area contributed by atoms with Gasteiger partial charge in [-0.15, -0.1) is 11.3 Å². The van der Waals surface area contributed by atoms with Gasteiger partial charge in [0.15, 0.2) is 3.95 Å². The second-order valence-corrected chi connectivity index (χ2v) is 8.18. The summed E-state index contributed by atoms with van der Waals surface area (Å²) >= 11 is 10.1. The summed E-state index contributed by atoms with van der Waals surface area (Å²) in [6.45, 7) is -0.149. The molecular weight excluding hydrogens is 448 g/mol. The van der Waals surface area contributed by atoms with Crippen molar-refractivity contribution in [2.45, 2.75) is 6.54 Å². The molecule has 0 bridgehead atoms. The lowest BCUT2D eigenvalue weighted by Gasteiger charge is -2.09. The standard InChI is InChI=1S/C19H15BrN2O3S2/c1-25-15-7-3-6-14(9-15)21-17(23)11-22-18(24)10-16(27-19(22)26)12-4-2-5-13(20)8-12/h2-10H,11H2,1H3,(H,21,23). The zero-order chi connectivity index (χ0) is 19.4. The van der Waals surface area contributed by atoms with Gasteiger partial charge in [-0.3, -0.25) is 14.2 Å². The summed E-state index contributed by atoms with van der Waals surface area (Å²) in [7, 11) is 1.55. The molecule has 1 aromatic heterocycles. The van der Waals surface area contributed by atoms with Crippen LogP contribution in [0.15, 0.2) is 63.9 Å². The number of amides is 1. The molecular formula is C19H15BrN2O3S2. The molecule has 8 heteroatoms. The molecule has 0 aliphatic heterocycles. The highest BCUT2D eigenvalue weighted by Gasteiger charge is 2.10. The number of carbonyl (C=O) groups excluding carboxylic acids is 1. The minimum Gasteiger partial charge on any atom is -0.497 e. The molecule has 0 unspecified atom stereocenters. The van der Waals surface area contributed by atoms with Gasteiger partial charge in [0.1, 0.15) is 12.3 Å². The molecule has 2 aromatic carbocycles. The fourth-order valence-electron chi connectivity index (χ4n) is 2.43. The maximum Gasteiger partial charge on any atom is 0.254 e. The first-order valence-electron chi connectivity index (χ1n) is 7.91. The molecule has 1 amide bonds. The maximum atomic E-state index is 12.5. The molecule has 3 aromatic rings. The quantitative estimate of drug-likeness (QED) is 0.557. The molecule has 0 aliphatic carbocycles. The van der Waals surface area contributed by atoms with Crippen LogP contribution in [0.3, 0.4) is 0 Å². The average Bonchev–Trinajstić information content (AvgIpc) is 2.64. The number of rotatable bonds is 5. The van der Waals surface area contributed by atoms with Crippen LogP contribution in [0.2, 0.25) is 0 Å². The van der Waals surface area contributed by atoms with Crippen LogP contribution in [0.4, 0.5) is 5.69 Å². The molecule has 1 N–H and O–H groups in total. The van der Waals surface area contributed by atoms with Gasteiger partial charge in [0.2, 0.25) is 5.91 Å². The number of nitrogens with one attached hydrogen (secondary N) is 1. The topological polar surface area (TPSA) is 60.3 Å². The van der Waals surface area contributed by atoms with Crippen LogP contribution in [0, 0.1) is 3.95 Å². The lowest BCUT2D eigenvalue weighted by atomic mass is 10.2. The van der Waals surface area contributed by atoms with Crippen molar-refractivity contribution in [3.8, 4) is 16.2 Å². The Hall–Kier alpha value is -2.29. The van der Waals surface area contributed by atoms with E-state index in [0.717, 1.165) is 14.9 Å². The number of halogens is 1. The maximum absolute atomic E-state index is 12.5. The predicted molar refractivity (Wildman–Crippen MR) is 114 cm³/mol. The van der Waals surface area contributed by atoms with Crippen molar-refractivity contribution in [1.29, 1.82) is 0 Å². The lowest BCUT2D eigenvalue weighted by molar-refractivity contribution is -0.116. The van der Waals surface area contributed by atoms with Crippen molar-refractivity contribution in [2.24, 2.45) is 0 Å². The van der Waals surface area contributed by atoms with E-state index in [4.69, 9.17) is 17.0 Å². The number of methoxy groups -OCH3 is 1. The smallest absolute Gasteiger partial charge is 0.254 e. The zero-order valence-corrected chi connectivity index (χ0v) is 17.5. The van der Waals surface area contributed by atoms with Gasteiger partial charge in [0.05, 0.1) is 7.11 Å². The number of hydrogen-bond donors (Lipinski definition) is 1. The van der Waals surface area contributed by atoms with Crippen molar-refractivity contribution in [3.05, 3.63) is 73.4 Å². The van der Waals surface area contributed by atoms with Crippen LogP contribution in [-0.2, 0) is 11.3 Å². The summed E-state index contributed by atoms with van der Waals surface area (Å²) < 4.78 is 7.68. The van der Waals surface area contributed by atoms with Gasteiger partial charge in [0, 0.05) is 27.2 Å². The van der Waals surface area contributed by atoms with Crippen molar-refractivity contribution in [1.82, 2.24) is 4.57 Å². The molecule has 1 heterocycles. The van der Waals surface area contributed by atoms with E-state index in [1.54, 1.807) is 31.4 Å². The Labute approximate surface area is 173 Å². The van der Waals surface area contributed by atoms with Crippen LogP contribution in [0.5, 0.6) is 5.75 Å². The van der Waals surface area contributed by atoms with E-state index >= 15 is 0 Å². The largest absolute Gasteiger partial charge is 0.497 e. The molecule has 138 valence electrons. The third-order valence-electron chi connectivity index (χ3n) is 3.70. The van der Waals surface area contributed by atoms with Crippen LogP contribution in [0.25, 0.3) is 10.4 Å². The molecule has 0 spiro atoms. The molecule has 5 nitrogen and oxygen atoms in total. The monoisotopic (exact) mass is 462 g/mol. The van der Waals surface area contributed by atoms with Crippen LogP contribution < -0.4 is 15.6 Å². The van der Waals surface area contributed by atoms with E-state index in [2.05, 4.69) is 21.2 Å². The number of carbonyl (C=O) groups is 1. The Kier molecular flexibility index (Phi) is 6.20. The Bertz CT molecular complexity index is 1080. The van der Waals surface area contributed by atoms with E-state index in [9.17, 15) is 9.59 Å². The van der Waals surface area contributed by atoms with Gasteiger partial charge in [-0.1, -0.05) is 34.1 Å². The van der Waals surface area contributed by atoms with E-state index in [1.165, 1.54) is 22.0 Å². The van der Waals surface area contributed by atoms with Crippen molar-refractivity contribution in [2.75, 3.05) is 12.4 Å². The first-order chi connectivity index (χ1) is 13.0. The lowest BCUT2D eigenvalue weighted by Crippen LogP contribution is -2.27. The zero-order valence-electron chi connectivity index (χ0n) is 14.3. The van der Waals surface area contributed by atoms with Crippen molar-refractivity contribution >= 4 is 51.1 Å². The van der Waals surface area contributed by atoms with E-state index in [1.807, 2.05) is 24.3 Å². The predicted octanol–water partition coefficient (Wildman–Crippen LogP) is 4.72. The summed E-state index contributed by atoms with van der Waals surface area (Å²) in [5, 5.41) is 2.75. The summed E-state index contributed by atoms with van der Waals surface area (Å²) in [4.78, 5) is 25.6. The Morgan fingerprint density at radius 1 is 1.22 bits per heavy atom. The number of aromatic nitrogens is 1. The van der Waals surface area contributed by atoms with E-state index < -0.39 is 0 Å². The molecule has 0 fully saturated rings. The minimum absolute atomic E-state index is 0.149. The second-order valence-electron chi connectivity index (χ2n) is 5.59. The first-order valence-corrected chi connectivity index (χ1v) is 9.93. The Morgan fingerprint density at radius 2 is 2.00 bits per heavy atom. The normalized spacial score (nSPS) is 10.4. The summed E-state index contributed by atoms with van der Waals surface area (Å²) in [6.07, 6.45) is 0. The highest BCUT2D eigenvalue weighted by atomic mass is 79.9. The summed E-state index contributed by atoms with van der Waals surface area (Å²) in [6, 6.07) is 16.1. The van der Waals surface area contributed by atoms with Crippen LogP contribution in [0.1, 0.15) is 0 Å². The third kappa shape index (κ3) is 4.91. The highest BCUT2D eigenvalue weighted by Crippen LogP contribution is 2.25. The molecule has 3 rings (SSSR count). The van der Waals surface area contributed by atoms with E-state index in [0.29, 0.717) is 15.4 Å². The first kappa shape index (κ1) is 19.5. The number of benzene rings is 2. The molecule has 0 radical (unpaired) electrons. The molecule has 27 heavy (non-hydrogen) atoms. The number of ether oxygens (including phenoxy) is 1. The number of nitrogens with zero attached hydrogens (tertiary/aromatic N) is 1. The fraction of sp³-hybridized carbons (Fsp3) is 0.105. The number of anilines is 1. The SMILES string of the molecule is COc1cccc(NC(=O)Cn2c(=O)cc(-c3cccc(Br)c3)sc2=S)c1. The van der Waals surface area contributed by atoms with Gasteiger partial charge in [-0.2, -0.15) is 0 Å². The van der Waals surface area contributed by atoms with Crippen molar-refractivity contribution in [3.63, 3.8) is 0 Å². The molecule has 0 atom stereocenters. The van der Waals surface area contributed by atoms with Crippen LogP contribution in [-0.4, -0.2) is 17.6 Å². The molecule has 0 saturated heterocycles. The van der Waals surface area contributed by atoms with Gasteiger partial charge in [-0.25, -0.2) is 0 Å². The van der Waals surface area contributed by atoms with Gasteiger partial charge in [0.25, 0.3) is 5.56 Å². The summed E-state index contributed by atoms with van der Waals surface area (Å²) in [5.74, 6) is 0.299. The second kappa shape index (κ2) is 8.60. The molecule has 0 aliphatic rings. The Morgan fingerprint density at radius 3 is 2.70 bits per heavy atom. The van der Waals surface area contributed by atoms with E-state index in [-0.39, 0.29) is 18.0 Å². The molecule has 0 saturated carbocycles. The fourth-order valence-corrected chi connectivity index (χ4v) is 4.11. The Balaban J connectivity index is 1.82. The minimum atomic E-state index is -0.334.